The standard InChI is InChI=1S/C26H30N2O5/c1-31-20-7-5-18(6-8-20)28-13-11-27(12-14-28)16-19(29)17-32-21-9-10-23-22-3-2-4-24(22)26(30)33-25(23)15-21/h5-10,15,19,29H,2-4,11-14,16-17H2,1H3/t19-/m0/s1. The fourth-order valence-corrected chi connectivity index (χ4v) is 4.88. The Morgan fingerprint density at radius 2 is 1.73 bits per heavy atom. The van der Waals surface area contributed by atoms with E-state index < -0.39 is 6.10 Å². The Balaban J connectivity index is 1.13. The highest BCUT2D eigenvalue weighted by Crippen LogP contribution is 2.29. The van der Waals surface area contributed by atoms with Gasteiger partial charge in [-0.3, -0.25) is 4.90 Å². The normalized spacial score (nSPS) is 17.2. The summed E-state index contributed by atoms with van der Waals surface area (Å²) in [7, 11) is 1.67. The number of nitrogens with zero attached hydrogens (tertiary/aromatic N) is 2. The zero-order chi connectivity index (χ0) is 22.8. The van der Waals surface area contributed by atoms with Gasteiger partial charge in [0.2, 0.25) is 0 Å². The minimum absolute atomic E-state index is 0.194. The van der Waals surface area contributed by atoms with Gasteiger partial charge in [0, 0.05) is 55.4 Å². The number of rotatable bonds is 7. The number of piperazine rings is 1. The molecular weight excluding hydrogens is 420 g/mol. The van der Waals surface area contributed by atoms with E-state index in [4.69, 9.17) is 13.9 Å². The number of aliphatic hydroxyl groups excluding tert-OH is 1. The lowest BCUT2D eigenvalue weighted by Crippen LogP contribution is -2.49. The summed E-state index contributed by atoms with van der Waals surface area (Å²) in [5.41, 5.74) is 3.44. The molecule has 2 aromatic carbocycles. The first-order chi connectivity index (χ1) is 16.1. The van der Waals surface area contributed by atoms with E-state index in [-0.39, 0.29) is 12.2 Å². The van der Waals surface area contributed by atoms with E-state index in [2.05, 4.69) is 21.9 Å². The first-order valence-corrected chi connectivity index (χ1v) is 11.6. The summed E-state index contributed by atoms with van der Waals surface area (Å²) in [5.74, 6) is 1.46. The molecule has 0 spiro atoms. The van der Waals surface area contributed by atoms with Crippen molar-refractivity contribution in [2.45, 2.75) is 25.4 Å². The van der Waals surface area contributed by atoms with Crippen LogP contribution in [0.25, 0.3) is 11.0 Å². The topological polar surface area (TPSA) is 75.4 Å². The summed E-state index contributed by atoms with van der Waals surface area (Å²) >= 11 is 0. The molecule has 1 aliphatic carbocycles. The van der Waals surface area contributed by atoms with E-state index in [0.29, 0.717) is 17.9 Å². The number of ether oxygens (including phenoxy) is 2. The van der Waals surface area contributed by atoms with Crippen molar-refractivity contribution in [3.05, 3.63) is 64.0 Å². The van der Waals surface area contributed by atoms with E-state index in [1.807, 2.05) is 24.3 Å². The number of β-amino-alcohol motifs (C(OH)–C–C–N with tert-alkyl or cyclic N) is 1. The molecule has 3 aromatic rings. The monoisotopic (exact) mass is 450 g/mol. The van der Waals surface area contributed by atoms with Gasteiger partial charge in [0.05, 0.1) is 7.11 Å². The van der Waals surface area contributed by atoms with E-state index in [1.54, 1.807) is 13.2 Å². The highest BCUT2D eigenvalue weighted by atomic mass is 16.5. The van der Waals surface area contributed by atoms with Crippen LogP contribution in [0.15, 0.2) is 51.7 Å². The summed E-state index contributed by atoms with van der Waals surface area (Å²) in [4.78, 5) is 16.8. The quantitative estimate of drug-likeness (QED) is 0.555. The smallest absolute Gasteiger partial charge is 0.339 e. The van der Waals surface area contributed by atoms with Crippen molar-refractivity contribution < 1.29 is 19.0 Å². The molecule has 5 rings (SSSR count). The van der Waals surface area contributed by atoms with Crippen LogP contribution in [-0.2, 0) is 12.8 Å². The summed E-state index contributed by atoms with van der Waals surface area (Å²) in [6, 6.07) is 13.7. The van der Waals surface area contributed by atoms with Gasteiger partial charge in [0.15, 0.2) is 0 Å². The lowest BCUT2D eigenvalue weighted by Gasteiger charge is -2.36. The molecule has 7 heteroatoms. The number of hydrogen-bond donors (Lipinski definition) is 1. The molecule has 33 heavy (non-hydrogen) atoms. The first-order valence-electron chi connectivity index (χ1n) is 11.6. The Kier molecular flexibility index (Phi) is 6.24. The first kappa shape index (κ1) is 21.8. The molecule has 0 amide bonds. The van der Waals surface area contributed by atoms with Crippen LogP contribution in [0.3, 0.4) is 0 Å². The maximum absolute atomic E-state index is 12.2. The lowest BCUT2D eigenvalue weighted by molar-refractivity contribution is 0.0663. The van der Waals surface area contributed by atoms with E-state index in [0.717, 1.165) is 67.7 Å². The Morgan fingerprint density at radius 3 is 2.48 bits per heavy atom. The predicted octanol–water partition coefficient (Wildman–Crippen LogP) is 2.85. The SMILES string of the molecule is COc1ccc(N2CCN(C[C@H](O)COc3ccc4c5c(c(=O)oc4c3)CCC5)CC2)cc1. The van der Waals surface area contributed by atoms with Crippen molar-refractivity contribution in [2.24, 2.45) is 0 Å². The molecule has 0 saturated carbocycles. The molecule has 1 atom stereocenters. The molecule has 1 aliphatic heterocycles. The Morgan fingerprint density at radius 1 is 1.00 bits per heavy atom. The second kappa shape index (κ2) is 9.45. The summed E-state index contributed by atoms with van der Waals surface area (Å²) < 4.78 is 16.6. The highest BCUT2D eigenvalue weighted by Gasteiger charge is 2.21. The Hall–Kier alpha value is -3.03. The number of aryl methyl sites for hydroxylation is 1. The molecule has 1 N–H and O–H groups in total. The van der Waals surface area contributed by atoms with Gasteiger partial charge in [-0.05, 0) is 61.2 Å². The largest absolute Gasteiger partial charge is 0.497 e. The summed E-state index contributed by atoms with van der Waals surface area (Å²) in [6.45, 7) is 4.35. The second-order valence-electron chi connectivity index (χ2n) is 8.81. The van der Waals surface area contributed by atoms with Crippen molar-refractivity contribution in [3.8, 4) is 11.5 Å². The highest BCUT2D eigenvalue weighted by molar-refractivity contribution is 5.83. The number of benzene rings is 2. The van der Waals surface area contributed by atoms with Crippen LogP contribution in [0.1, 0.15) is 17.5 Å². The molecule has 1 saturated heterocycles. The van der Waals surface area contributed by atoms with Gasteiger partial charge >= 0.3 is 5.63 Å². The number of methoxy groups -OCH3 is 1. The lowest BCUT2D eigenvalue weighted by atomic mass is 10.1. The van der Waals surface area contributed by atoms with E-state index >= 15 is 0 Å². The Bertz CT molecular complexity index is 1170. The van der Waals surface area contributed by atoms with Gasteiger partial charge in [0.25, 0.3) is 0 Å². The zero-order valence-electron chi connectivity index (χ0n) is 19.0. The van der Waals surface area contributed by atoms with Crippen LogP contribution in [-0.4, -0.2) is 62.6 Å². The summed E-state index contributed by atoms with van der Waals surface area (Å²) in [6.07, 6.45) is 2.12. The maximum Gasteiger partial charge on any atom is 0.339 e. The maximum atomic E-state index is 12.2. The minimum atomic E-state index is -0.597. The third-order valence-electron chi connectivity index (χ3n) is 6.67. The van der Waals surface area contributed by atoms with Crippen LogP contribution in [0, 0.1) is 0 Å². The van der Waals surface area contributed by atoms with Gasteiger partial charge in [-0.2, -0.15) is 0 Å². The van der Waals surface area contributed by atoms with Gasteiger partial charge in [-0.15, -0.1) is 0 Å². The minimum Gasteiger partial charge on any atom is -0.497 e. The van der Waals surface area contributed by atoms with Crippen molar-refractivity contribution in [3.63, 3.8) is 0 Å². The molecule has 1 aromatic heterocycles. The predicted molar refractivity (Wildman–Crippen MR) is 128 cm³/mol. The summed E-state index contributed by atoms with van der Waals surface area (Å²) in [5, 5.41) is 11.5. The number of fused-ring (bicyclic) bond motifs is 3. The van der Waals surface area contributed by atoms with Crippen LogP contribution in [0.4, 0.5) is 5.69 Å². The van der Waals surface area contributed by atoms with Crippen molar-refractivity contribution in [1.29, 1.82) is 0 Å². The van der Waals surface area contributed by atoms with E-state index in [1.165, 1.54) is 5.69 Å². The molecule has 0 unspecified atom stereocenters. The van der Waals surface area contributed by atoms with E-state index in [9.17, 15) is 9.90 Å². The number of hydrogen-bond acceptors (Lipinski definition) is 7. The molecule has 2 aliphatic rings. The van der Waals surface area contributed by atoms with Crippen LogP contribution in [0.2, 0.25) is 0 Å². The third kappa shape index (κ3) is 4.70. The molecule has 7 nitrogen and oxygen atoms in total. The zero-order valence-corrected chi connectivity index (χ0v) is 19.0. The van der Waals surface area contributed by atoms with Gasteiger partial charge < -0.3 is 23.9 Å². The van der Waals surface area contributed by atoms with Crippen molar-refractivity contribution in [2.75, 3.05) is 51.3 Å². The molecule has 0 radical (unpaired) electrons. The fraction of sp³-hybridized carbons (Fsp3) is 0.423. The fourth-order valence-electron chi connectivity index (χ4n) is 4.88. The van der Waals surface area contributed by atoms with Crippen LogP contribution < -0.4 is 20.0 Å². The molecule has 174 valence electrons. The average Bonchev–Trinajstić information content (AvgIpc) is 3.34. The van der Waals surface area contributed by atoms with Crippen molar-refractivity contribution in [1.82, 2.24) is 4.90 Å². The van der Waals surface area contributed by atoms with Gasteiger partial charge in [-0.25, -0.2) is 4.79 Å². The molecule has 1 fully saturated rings. The number of aliphatic hydroxyl groups is 1. The third-order valence-corrected chi connectivity index (χ3v) is 6.67. The number of anilines is 1. The van der Waals surface area contributed by atoms with Crippen LogP contribution in [0.5, 0.6) is 11.5 Å². The van der Waals surface area contributed by atoms with Crippen LogP contribution >= 0.6 is 0 Å². The Labute approximate surface area is 193 Å². The molecular formula is C26H30N2O5. The molecule has 0 bridgehead atoms. The average molecular weight is 451 g/mol. The molecule has 2 heterocycles. The van der Waals surface area contributed by atoms with Crippen molar-refractivity contribution >= 4 is 16.7 Å². The van der Waals surface area contributed by atoms with Gasteiger partial charge in [0.1, 0.15) is 29.8 Å². The van der Waals surface area contributed by atoms with Gasteiger partial charge in [-0.1, -0.05) is 0 Å². The second-order valence-corrected chi connectivity index (χ2v) is 8.81.